The predicted octanol–water partition coefficient (Wildman–Crippen LogP) is 5.15. The normalized spacial score (nSPS) is 15.5. The van der Waals surface area contributed by atoms with Crippen LogP contribution in [0.3, 0.4) is 0 Å². The number of nitrogens with zero attached hydrogens (tertiary/aromatic N) is 2. The van der Waals surface area contributed by atoms with Gasteiger partial charge < -0.3 is 20.0 Å². The number of benzene rings is 3. The molecule has 9 nitrogen and oxygen atoms in total. The lowest BCUT2D eigenvalue weighted by molar-refractivity contribution is -0.192. The lowest BCUT2D eigenvalue weighted by Gasteiger charge is -2.43. The monoisotopic (exact) mass is 593 g/mol. The summed E-state index contributed by atoms with van der Waals surface area (Å²) in [5.74, 6) is -3.87. The Hall–Kier alpha value is -4.26. The topological polar surface area (TPSA) is 127 Å². The van der Waals surface area contributed by atoms with Crippen LogP contribution in [0, 0.1) is 13.8 Å². The molecule has 0 saturated carbocycles. The first kappa shape index (κ1) is 31.3. The van der Waals surface area contributed by atoms with Crippen LogP contribution >= 0.6 is 0 Å². The van der Waals surface area contributed by atoms with Crippen LogP contribution in [-0.4, -0.2) is 62.4 Å². The van der Waals surface area contributed by atoms with E-state index in [2.05, 4.69) is 46.6 Å². The lowest BCUT2D eigenvalue weighted by atomic mass is 10.1. The van der Waals surface area contributed by atoms with Gasteiger partial charge in [-0.3, -0.25) is 4.72 Å². The summed E-state index contributed by atoms with van der Waals surface area (Å²) < 4.78 is 60.6. The van der Waals surface area contributed by atoms with Crippen LogP contribution in [0.25, 0.3) is 0 Å². The molecule has 41 heavy (non-hydrogen) atoms. The molecule has 3 aromatic rings. The Bertz CT molecular complexity index is 1530. The molecule has 0 amide bonds. The number of carbonyl (C=O) groups is 2. The third-order valence-electron chi connectivity index (χ3n) is 6.33. The minimum Gasteiger partial charge on any atom is -0.478 e. The Morgan fingerprint density at radius 2 is 1.54 bits per heavy atom. The van der Waals surface area contributed by atoms with E-state index in [4.69, 9.17) is 9.90 Å². The average Bonchev–Trinajstić information content (AvgIpc) is 2.88. The van der Waals surface area contributed by atoms with Crippen molar-refractivity contribution in [2.24, 2.45) is 0 Å². The standard InChI is InChI=1S/C26H29N3O4S.C2HF3O2/c1-18-6-4-8-22(14-18)29-13-12-28(17-20(29)3)25-11-10-21(26(30)31)16-24(25)27-34(32,33)23-9-5-7-19(2)15-23;3-2(4,5)1(6)7/h4-11,14-16,20,27H,12-13,17H2,1-3H3,(H,30,31);(H,6,7). The number of hydrogen-bond acceptors (Lipinski definition) is 6. The second-order valence-corrected chi connectivity index (χ2v) is 11.3. The number of aryl methyl sites for hydroxylation is 2. The highest BCUT2D eigenvalue weighted by molar-refractivity contribution is 7.92. The van der Waals surface area contributed by atoms with Gasteiger partial charge in [-0.15, -0.1) is 0 Å². The van der Waals surface area contributed by atoms with E-state index < -0.39 is 28.1 Å². The Balaban J connectivity index is 0.000000587. The number of carboxylic acid groups (broad SMARTS) is 2. The number of anilines is 3. The molecule has 1 fully saturated rings. The minimum atomic E-state index is -5.08. The molecule has 4 rings (SSSR count). The Kier molecular flexibility index (Phi) is 9.53. The maximum absolute atomic E-state index is 13.1. The van der Waals surface area contributed by atoms with Gasteiger partial charge in [-0.1, -0.05) is 24.3 Å². The smallest absolute Gasteiger partial charge is 0.478 e. The molecular weight excluding hydrogens is 563 g/mol. The van der Waals surface area contributed by atoms with E-state index in [0.717, 1.165) is 17.8 Å². The van der Waals surface area contributed by atoms with Crippen molar-refractivity contribution in [2.75, 3.05) is 34.2 Å². The van der Waals surface area contributed by atoms with Gasteiger partial charge in [0.1, 0.15) is 0 Å². The summed E-state index contributed by atoms with van der Waals surface area (Å²) in [4.78, 5) is 25.1. The number of nitrogens with one attached hydrogen (secondary N) is 1. The van der Waals surface area contributed by atoms with Crippen molar-refractivity contribution in [1.82, 2.24) is 0 Å². The van der Waals surface area contributed by atoms with E-state index >= 15 is 0 Å². The highest BCUT2D eigenvalue weighted by Crippen LogP contribution is 2.32. The van der Waals surface area contributed by atoms with Crippen LogP contribution in [0.15, 0.2) is 71.6 Å². The summed E-state index contributed by atoms with van der Waals surface area (Å²) in [6.45, 7) is 8.13. The molecule has 0 bridgehead atoms. The summed E-state index contributed by atoms with van der Waals surface area (Å²) in [7, 11) is -3.89. The molecule has 1 saturated heterocycles. The second-order valence-electron chi connectivity index (χ2n) is 9.59. The summed E-state index contributed by atoms with van der Waals surface area (Å²) in [5.41, 5.74) is 4.13. The molecule has 0 spiro atoms. The van der Waals surface area contributed by atoms with E-state index in [9.17, 15) is 31.5 Å². The van der Waals surface area contributed by atoms with Gasteiger partial charge in [0.15, 0.2) is 0 Å². The first-order chi connectivity index (χ1) is 19.1. The van der Waals surface area contributed by atoms with Gasteiger partial charge in [-0.05, 0) is 74.4 Å². The van der Waals surface area contributed by atoms with E-state index in [-0.39, 0.29) is 22.2 Å². The lowest BCUT2D eigenvalue weighted by Crippen LogP contribution is -2.52. The van der Waals surface area contributed by atoms with Crippen molar-refractivity contribution >= 4 is 39.0 Å². The Morgan fingerprint density at radius 1 is 0.927 bits per heavy atom. The molecule has 13 heteroatoms. The number of alkyl halides is 3. The van der Waals surface area contributed by atoms with Crippen LogP contribution in [0.1, 0.15) is 28.4 Å². The maximum Gasteiger partial charge on any atom is 0.490 e. The molecule has 1 heterocycles. The van der Waals surface area contributed by atoms with Gasteiger partial charge in [-0.25, -0.2) is 18.0 Å². The van der Waals surface area contributed by atoms with Crippen LogP contribution in [-0.2, 0) is 14.8 Å². The van der Waals surface area contributed by atoms with Crippen LogP contribution < -0.4 is 14.5 Å². The highest BCUT2D eigenvalue weighted by atomic mass is 32.2. The van der Waals surface area contributed by atoms with Crippen molar-refractivity contribution in [3.05, 3.63) is 83.4 Å². The summed E-state index contributed by atoms with van der Waals surface area (Å²) in [6.07, 6.45) is -5.08. The zero-order valence-electron chi connectivity index (χ0n) is 22.5. The number of halogens is 3. The maximum atomic E-state index is 13.1. The third kappa shape index (κ3) is 8.13. The van der Waals surface area contributed by atoms with Crippen molar-refractivity contribution in [2.45, 2.75) is 37.9 Å². The number of rotatable bonds is 6. The number of aliphatic carboxylic acids is 1. The SMILES string of the molecule is Cc1cccc(N2CCN(c3ccc(C(=O)O)cc3NS(=O)(=O)c3cccc(C)c3)CC2C)c1.O=C(O)C(F)(F)F. The second kappa shape index (κ2) is 12.5. The molecule has 1 atom stereocenters. The largest absolute Gasteiger partial charge is 0.490 e. The van der Waals surface area contributed by atoms with Crippen LogP contribution in [0.4, 0.5) is 30.2 Å². The predicted molar refractivity (Wildman–Crippen MR) is 149 cm³/mol. The minimum absolute atomic E-state index is 0.0251. The fourth-order valence-electron chi connectivity index (χ4n) is 4.38. The Labute approximate surface area is 235 Å². The molecule has 3 aromatic carbocycles. The van der Waals surface area contributed by atoms with E-state index in [1.54, 1.807) is 18.2 Å². The molecule has 3 N–H and O–H groups in total. The van der Waals surface area contributed by atoms with Crippen LogP contribution in [0.5, 0.6) is 0 Å². The van der Waals surface area contributed by atoms with E-state index in [1.807, 2.05) is 19.1 Å². The molecule has 1 unspecified atom stereocenters. The highest BCUT2D eigenvalue weighted by Gasteiger charge is 2.38. The summed E-state index contributed by atoms with van der Waals surface area (Å²) >= 11 is 0. The summed E-state index contributed by atoms with van der Waals surface area (Å²) in [6, 6.07) is 19.8. The number of hydrogen-bond donors (Lipinski definition) is 3. The quantitative estimate of drug-likeness (QED) is 0.358. The van der Waals surface area contributed by atoms with Gasteiger partial charge in [0.2, 0.25) is 0 Å². The average molecular weight is 594 g/mol. The zero-order chi connectivity index (χ0) is 30.5. The molecular formula is C28H30F3N3O6S. The number of aromatic carboxylic acids is 1. The number of sulfonamides is 1. The first-order valence-corrected chi connectivity index (χ1v) is 13.9. The van der Waals surface area contributed by atoms with E-state index in [1.165, 1.54) is 23.8 Å². The molecule has 220 valence electrons. The molecule has 0 aliphatic carbocycles. The molecule has 0 radical (unpaired) electrons. The van der Waals surface area contributed by atoms with Crippen molar-refractivity contribution in [3.63, 3.8) is 0 Å². The van der Waals surface area contributed by atoms with E-state index in [0.29, 0.717) is 18.8 Å². The molecule has 1 aliphatic rings. The van der Waals surface area contributed by atoms with Gasteiger partial charge in [-0.2, -0.15) is 13.2 Å². The number of piperazine rings is 1. The molecule has 1 aliphatic heterocycles. The van der Waals surface area contributed by atoms with Gasteiger partial charge in [0.05, 0.1) is 21.8 Å². The van der Waals surface area contributed by atoms with Gasteiger partial charge >= 0.3 is 18.1 Å². The first-order valence-electron chi connectivity index (χ1n) is 12.4. The van der Waals surface area contributed by atoms with Crippen LogP contribution in [0.2, 0.25) is 0 Å². The summed E-state index contributed by atoms with van der Waals surface area (Å²) in [5, 5.41) is 16.6. The number of carboxylic acids is 2. The van der Waals surface area contributed by atoms with Crippen molar-refractivity contribution in [1.29, 1.82) is 0 Å². The van der Waals surface area contributed by atoms with Crippen molar-refractivity contribution in [3.8, 4) is 0 Å². The zero-order valence-corrected chi connectivity index (χ0v) is 23.3. The Morgan fingerprint density at radius 3 is 2.07 bits per heavy atom. The third-order valence-corrected chi connectivity index (χ3v) is 7.69. The van der Waals surface area contributed by atoms with Gasteiger partial charge in [0.25, 0.3) is 10.0 Å². The molecule has 0 aromatic heterocycles. The fourth-order valence-corrected chi connectivity index (χ4v) is 5.55. The van der Waals surface area contributed by atoms with Gasteiger partial charge in [0, 0.05) is 31.4 Å². The fraction of sp³-hybridized carbons (Fsp3) is 0.286. The van der Waals surface area contributed by atoms with Crippen molar-refractivity contribution < 1.29 is 41.4 Å².